The molecule has 0 bridgehead atoms. The molecule has 0 saturated carbocycles. The largest absolute Gasteiger partial charge is 0.573 e. The van der Waals surface area contributed by atoms with Crippen molar-refractivity contribution in [1.82, 2.24) is 9.80 Å². The summed E-state index contributed by atoms with van der Waals surface area (Å²) in [6.07, 6.45) is -9.52. The lowest BCUT2D eigenvalue weighted by molar-refractivity contribution is -0.274. The van der Waals surface area contributed by atoms with Gasteiger partial charge >= 0.3 is 12.5 Å². The molecule has 0 unspecified atom stereocenters. The average Bonchev–Trinajstić information content (AvgIpc) is 3.04. The molecule has 0 aromatic heterocycles. The summed E-state index contributed by atoms with van der Waals surface area (Å²) in [6.45, 7) is -0.683. The molecule has 0 spiro atoms. The van der Waals surface area contributed by atoms with Gasteiger partial charge in [-0.2, -0.15) is 13.2 Å². The fraction of sp³-hybridized carbons (Fsp3) is 0.250. The predicted octanol–water partition coefficient (Wildman–Crippen LogP) is 6.37. The molecule has 5 rings (SSSR count). The number of carbonyl (C=O) groups excluding carboxylic acids is 3. The van der Waals surface area contributed by atoms with Gasteiger partial charge in [0, 0.05) is 18.1 Å². The van der Waals surface area contributed by atoms with Crippen LogP contribution in [0.25, 0.3) is 11.1 Å². The van der Waals surface area contributed by atoms with Crippen LogP contribution in [0.5, 0.6) is 11.5 Å². The van der Waals surface area contributed by atoms with Crippen LogP contribution in [0, 0.1) is 0 Å². The zero-order valence-electron chi connectivity index (χ0n) is 22.1. The van der Waals surface area contributed by atoms with Gasteiger partial charge < -0.3 is 24.6 Å². The van der Waals surface area contributed by atoms with Crippen molar-refractivity contribution in [2.24, 2.45) is 0 Å². The summed E-state index contributed by atoms with van der Waals surface area (Å²) in [6, 6.07) is 9.42. The van der Waals surface area contributed by atoms with Gasteiger partial charge in [-0.05, 0) is 75.6 Å². The molecule has 44 heavy (non-hydrogen) atoms. The molecule has 3 amide bonds. The third-order valence-electron chi connectivity index (χ3n) is 6.85. The Morgan fingerprint density at radius 1 is 0.977 bits per heavy atom. The van der Waals surface area contributed by atoms with Gasteiger partial charge in [-0.1, -0.05) is 17.7 Å². The van der Waals surface area contributed by atoms with E-state index >= 15 is 0 Å². The number of alkyl halides is 6. The number of piperazine rings is 1. The van der Waals surface area contributed by atoms with Crippen molar-refractivity contribution in [3.8, 4) is 22.6 Å². The Labute approximate surface area is 258 Å². The highest BCUT2D eigenvalue weighted by Crippen LogP contribution is 2.37. The Morgan fingerprint density at radius 2 is 1.73 bits per heavy atom. The van der Waals surface area contributed by atoms with Crippen LogP contribution >= 0.6 is 27.5 Å². The Kier molecular flexibility index (Phi) is 8.46. The lowest BCUT2D eigenvalue weighted by atomic mass is 9.99. The highest BCUT2D eigenvalue weighted by molar-refractivity contribution is 9.10. The summed E-state index contributed by atoms with van der Waals surface area (Å²) in [4.78, 5) is 42.2. The second-order valence-corrected chi connectivity index (χ2v) is 11.0. The van der Waals surface area contributed by atoms with Crippen LogP contribution in [0.3, 0.4) is 0 Å². The number of rotatable bonds is 5. The Bertz CT molecular complexity index is 1650. The van der Waals surface area contributed by atoms with Crippen molar-refractivity contribution in [2.75, 3.05) is 31.6 Å². The molecule has 2 heterocycles. The molecular weight excluding hydrogens is 688 g/mol. The van der Waals surface area contributed by atoms with E-state index in [4.69, 9.17) is 16.3 Å². The molecule has 3 aromatic rings. The first-order valence-electron chi connectivity index (χ1n) is 12.7. The number of hydrogen-bond donors (Lipinski definition) is 1. The van der Waals surface area contributed by atoms with E-state index < -0.39 is 54.2 Å². The van der Waals surface area contributed by atoms with E-state index in [9.17, 15) is 40.7 Å². The SMILES string of the molecule is O=C1Nc2ccc(-c3cc(Cl)cc(C(F)(F)F)c3)cc2C(=O)N2CCN(C(=O)COc3ccc(OC(F)(F)F)cc3Br)C[C@@H]12. The van der Waals surface area contributed by atoms with Gasteiger partial charge in [-0.25, -0.2) is 0 Å². The van der Waals surface area contributed by atoms with Crippen molar-refractivity contribution >= 4 is 50.9 Å². The molecule has 0 radical (unpaired) electrons. The van der Waals surface area contributed by atoms with Crippen LogP contribution in [-0.4, -0.2) is 66.2 Å². The fourth-order valence-corrected chi connectivity index (χ4v) is 5.51. The van der Waals surface area contributed by atoms with Crippen molar-refractivity contribution in [1.29, 1.82) is 0 Å². The molecule has 232 valence electrons. The van der Waals surface area contributed by atoms with Crippen molar-refractivity contribution < 1.29 is 50.2 Å². The first-order valence-corrected chi connectivity index (χ1v) is 13.9. The van der Waals surface area contributed by atoms with Gasteiger partial charge in [0.05, 0.1) is 27.8 Å². The standard InChI is InChI=1S/C28H19BrClF6N3O5/c29-20-11-18(44-28(34,35)36)2-4-23(20)43-13-24(40)38-5-6-39-22(12-38)25(41)37-21-3-1-14(9-19(21)26(39)42)15-7-16(27(31,32)33)10-17(30)8-15/h1-4,7-11,22H,5-6,12-13H2,(H,37,41)/t22-/m0/s1. The van der Waals surface area contributed by atoms with E-state index in [0.717, 1.165) is 24.3 Å². The zero-order valence-corrected chi connectivity index (χ0v) is 24.4. The van der Waals surface area contributed by atoms with E-state index in [1.807, 2.05) is 0 Å². The number of ether oxygens (including phenoxy) is 2. The van der Waals surface area contributed by atoms with E-state index in [2.05, 4.69) is 26.0 Å². The average molecular weight is 707 g/mol. The van der Waals surface area contributed by atoms with Gasteiger partial charge in [0.15, 0.2) is 6.61 Å². The normalized spacial score (nSPS) is 17.0. The topological polar surface area (TPSA) is 88.2 Å². The van der Waals surface area contributed by atoms with E-state index in [0.29, 0.717) is 0 Å². The number of nitrogens with zero attached hydrogens (tertiary/aromatic N) is 2. The number of halogens is 8. The van der Waals surface area contributed by atoms with Crippen molar-refractivity contribution in [2.45, 2.75) is 18.6 Å². The predicted molar refractivity (Wildman–Crippen MR) is 148 cm³/mol. The summed E-state index contributed by atoms with van der Waals surface area (Å²) in [5, 5.41) is 2.50. The minimum absolute atomic E-state index is 0.0329. The van der Waals surface area contributed by atoms with Crippen LogP contribution in [0.4, 0.5) is 32.0 Å². The molecule has 1 N–H and O–H groups in total. The molecule has 2 aliphatic rings. The maximum atomic E-state index is 13.5. The molecule has 16 heteroatoms. The van der Waals surface area contributed by atoms with E-state index in [1.165, 1.54) is 40.1 Å². The molecule has 2 aliphatic heterocycles. The van der Waals surface area contributed by atoms with Gasteiger partial charge in [0.1, 0.15) is 17.5 Å². The monoisotopic (exact) mass is 705 g/mol. The first kappa shape index (κ1) is 31.4. The molecule has 1 fully saturated rings. The number of hydrogen-bond acceptors (Lipinski definition) is 5. The second-order valence-electron chi connectivity index (χ2n) is 9.76. The number of benzene rings is 3. The van der Waals surface area contributed by atoms with E-state index in [1.54, 1.807) is 0 Å². The summed E-state index contributed by atoms with van der Waals surface area (Å²) in [5.41, 5.74) is -0.359. The Morgan fingerprint density at radius 3 is 2.41 bits per heavy atom. The minimum atomic E-state index is -4.88. The molecular formula is C28H19BrClF6N3O5. The van der Waals surface area contributed by atoms with Crippen molar-refractivity contribution in [3.63, 3.8) is 0 Å². The number of amides is 3. The Balaban J connectivity index is 1.29. The number of anilines is 1. The zero-order chi connectivity index (χ0) is 32.0. The summed E-state index contributed by atoms with van der Waals surface area (Å²) < 4.78 is 86.8. The summed E-state index contributed by atoms with van der Waals surface area (Å²) >= 11 is 9.00. The minimum Gasteiger partial charge on any atom is -0.483 e. The van der Waals surface area contributed by atoms with E-state index in [-0.39, 0.29) is 57.3 Å². The summed E-state index contributed by atoms with van der Waals surface area (Å²) in [7, 11) is 0. The fourth-order valence-electron chi connectivity index (χ4n) is 4.80. The van der Waals surface area contributed by atoms with Gasteiger partial charge in [0.25, 0.3) is 11.8 Å². The maximum Gasteiger partial charge on any atom is 0.573 e. The third kappa shape index (κ3) is 6.88. The lowest BCUT2D eigenvalue weighted by Gasteiger charge is -2.39. The van der Waals surface area contributed by atoms with Gasteiger partial charge in [-0.3, -0.25) is 14.4 Å². The van der Waals surface area contributed by atoms with Gasteiger partial charge in [-0.15, -0.1) is 13.2 Å². The van der Waals surface area contributed by atoms with Crippen LogP contribution in [0.1, 0.15) is 15.9 Å². The quantitative estimate of drug-likeness (QED) is 0.312. The molecule has 8 nitrogen and oxygen atoms in total. The number of nitrogens with one attached hydrogen (secondary N) is 1. The van der Waals surface area contributed by atoms with Crippen molar-refractivity contribution in [3.05, 3.63) is 75.2 Å². The highest BCUT2D eigenvalue weighted by Gasteiger charge is 2.41. The Hall–Kier alpha value is -3.98. The number of fused-ring (bicyclic) bond motifs is 2. The highest BCUT2D eigenvalue weighted by atomic mass is 79.9. The summed E-state index contributed by atoms with van der Waals surface area (Å²) in [5.74, 6) is -2.10. The molecule has 1 atom stereocenters. The lowest BCUT2D eigenvalue weighted by Crippen LogP contribution is -2.60. The molecule has 3 aromatic carbocycles. The van der Waals surface area contributed by atoms with Crippen LogP contribution in [0.2, 0.25) is 5.02 Å². The number of carbonyl (C=O) groups is 3. The maximum absolute atomic E-state index is 13.5. The van der Waals surface area contributed by atoms with Crippen LogP contribution in [-0.2, 0) is 15.8 Å². The third-order valence-corrected chi connectivity index (χ3v) is 7.69. The van der Waals surface area contributed by atoms with Crippen LogP contribution in [0.15, 0.2) is 59.1 Å². The second kappa shape index (κ2) is 11.8. The van der Waals surface area contributed by atoms with Crippen LogP contribution < -0.4 is 14.8 Å². The molecule has 1 saturated heterocycles. The smallest absolute Gasteiger partial charge is 0.483 e. The first-order chi connectivity index (χ1) is 20.6. The molecule has 0 aliphatic carbocycles. The van der Waals surface area contributed by atoms with Gasteiger partial charge in [0.2, 0.25) is 5.91 Å².